The van der Waals surface area contributed by atoms with E-state index in [1.165, 1.54) is 6.26 Å². The van der Waals surface area contributed by atoms with Gasteiger partial charge >= 0.3 is 0 Å². The van der Waals surface area contributed by atoms with Gasteiger partial charge in [0.15, 0.2) is 0 Å². The minimum Gasteiger partial charge on any atom is -0.463 e. The van der Waals surface area contributed by atoms with Crippen molar-refractivity contribution in [2.45, 2.75) is 13.3 Å². The minimum absolute atomic E-state index is 0.130. The summed E-state index contributed by atoms with van der Waals surface area (Å²) in [6, 6.07) is 5.57. The highest BCUT2D eigenvalue weighted by atomic mass is 35.5. The van der Waals surface area contributed by atoms with Crippen LogP contribution in [-0.2, 0) is 6.42 Å². The van der Waals surface area contributed by atoms with Crippen molar-refractivity contribution in [1.82, 2.24) is 0 Å². The van der Waals surface area contributed by atoms with Crippen molar-refractivity contribution >= 4 is 22.6 Å². The van der Waals surface area contributed by atoms with Gasteiger partial charge in [-0.2, -0.15) is 0 Å². The number of halogens is 1. The molecule has 1 heterocycles. The Morgan fingerprint density at radius 2 is 2.21 bits per heavy atom. The summed E-state index contributed by atoms with van der Waals surface area (Å²) >= 11 is 5.68. The van der Waals surface area contributed by atoms with Crippen LogP contribution in [0.15, 0.2) is 33.7 Å². The molecule has 0 spiro atoms. The molecule has 0 unspecified atom stereocenters. The molecule has 72 valence electrons. The van der Waals surface area contributed by atoms with Gasteiger partial charge in [-0.25, -0.2) is 0 Å². The lowest BCUT2D eigenvalue weighted by atomic mass is 10.1. The topological polar surface area (TPSA) is 30.2 Å². The van der Waals surface area contributed by atoms with Crippen LogP contribution in [0, 0.1) is 0 Å². The number of rotatable bonds is 1. The van der Waals surface area contributed by atoms with Crippen LogP contribution in [0.1, 0.15) is 12.5 Å². The van der Waals surface area contributed by atoms with E-state index in [1.807, 2.05) is 19.1 Å². The fourth-order valence-corrected chi connectivity index (χ4v) is 1.52. The molecular formula is C11H9ClO2. The highest BCUT2D eigenvalue weighted by Gasteiger charge is 2.04. The molecule has 2 rings (SSSR count). The van der Waals surface area contributed by atoms with Gasteiger partial charge < -0.3 is 4.42 Å². The summed E-state index contributed by atoms with van der Waals surface area (Å²) in [7, 11) is 0. The Hall–Kier alpha value is -1.28. The second kappa shape index (κ2) is 3.46. The van der Waals surface area contributed by atoms with Crippen molar-refractivity contribution in [3.8, 4) is 0 Å². The van der Waals surface area contributed by atoms with Crippen LogP contribution in [0.3, 0.4) is 0 Å². The molecule has 0 aliphatic rings. The van der Waals surface area contributed by atoms with Crippen LogP contribution in [0.2, 0.25) is 5.02 Å². The molecule has 0 radical (unpaired) electrons. The van der Waals surface area contributed by atoms with Crippen LogP contribution in [0.25, 0.3) is 11.0 Å². The number of aryl methyl sites for hydroxylation is 1. The maximum absolute atomic E-state index is 11.6. The van der Waals surface area contributed by atoms with E-state index in [9.17, 15) is 4.79 Å². The van der Waals surface area contributed by atoms with Gasteiger partial charge in [0.05, 0.1) is 5.39 Å². The second-order valence-electron chi connectivity index (χ2n) is 3.10. The highest BCUT2D eigenvalue weighted by molar-refractivity contribution is 6.30. The number of fused-ring (bicyclic) bond motifs is 1. The van der Waals surface area contributed by atoms with E-state index in [0.29, 0.717) is 11.0 Å². The van der Waals surface area contributed by atoms with Gasteiger partial charge in [0.2, 0.25) is 5.43 Å². The Labute approximate surface area is 86.1 Å². The van der Waals surface area contributed by atoms with Crippen LogP contribution in [-0.4, -0.2) is 0 Å². The zero-order valence-electron chi connectivity index (χ0n) is 7.71. The van der Waals surface area contributed by atoms with E-state index in [0.717, 1.165) is 12.0 Å². The first-order valence-electron chi connectivity index (χ1n) is 4.42. The smallest absolute Gasteiger partial charge is 0.211 e. The molecule has 0 fully saturated rings. The van der Waals surface area contributed by atoms with Gasteiger partial charge in [-0.1, -0.05) is 24.6 Å². The van der Waals surface area contributed by atoms with Gasteiger partial charge in [-0.3, -0.25) is 4.79 Å². The fraction of sp³-hybridized carbons (Fsp3) is 0.182. The maximum Gasteiger partial charge on any atom is 0.211 e. The molecule has 3 heteroatoms. The van der Waals surface area contributed by atoms with Crippen LogP contribution in [0.5, 0.6) is 0 Å². The summed E-state index contributed by atoms with van der Waals surface area (Å²) in [5, 5.41) is 0.683. The van der Waals surface area contributed by atoms with Crippen LogP contribution >= 0.6 is 11.6 Å². The molecule has 1 aromatic carbocycles. The molecule has 2 nitrogen and oxygen atoms in total. The summed E-state index contributed by atoms with van der Waals surface area (Å²) in [6.07, 6.45) is 2.17. The summed E-state index contributed by atoms with van der Waals surface area (Å²) < 4.78 is 5.19. The molecule has 0 saturated carbocycles. The molecule has 0 amide bonds. The molecule has 0 aliphatic heterocycles. The predicted octanol–water partition coefficient (Wildman–Crippen LogP) is 3.01. The standard InChI is InChI=1S/C11H9ClO2/c1-2-7-3-4-10-8(5-7)11(13)9(12)6-14-10/h3-6H,2H2,1H3. The van der Waals surface area contributed by atoms with Gasteiger partial charge in [0.25, 0.3) is 0 Å². The number of hydrogen-bond donors (Lipinski definition) is 0. The van der Waals surface area contributed by atoms with E-state index in [2.05, 4.69) is 0 Å². The van der Waals surface area contributed by atoms with E-state index in [1.54, 1.807) is 6.07 Å². The Kier molecular flexibility index (Phi) is 2.30. The van der Waals surface area contributed by atoms with Gasteiger partial charge in [0.1, 0.15) is 16.9 Å². The minimum atomic E-state index is -0.164. The first kappa shape index (κ1) is 9.28. The van der Waals surface area contributed by atoms with Gasteiger partial charge in [0, 0.05) is 0 Å². The predicted molar refractivity (Wildman–Crippen MR) is 56.9 cm³/mol. The molecule has 1 aromatic heterocycles. The largest absolute Gasteiger partial charge is 0.463 e. The third-order valence-electron chi connectivity index (χ3n) is 2.20. The quantitative estimate of drug-likeness (QED) is 0.721. The first-order valence-corrected chi connectivity index (χ1v) is 4.80. The zero-order chi connectivity index (χ0) is 10.1. The van der Waals surface area contributed by atoms with E-state index in [-0.39, 0.29) is 10.5 Å². The van der Waals surface area contributed by atoms with E-state index in [4.69, 9.17) is 16.0 Å². The summed E-state index contributed by atoms with van der Waals surface area (Å²) in [4.78, 5) is 11.6. The van der Waals surface area contributed by atoms with Crippen molar-refractivity contribution in [2.75, 3.05) is 0 Å². The van der Waals surface area contributed by atoms with Gasteiger partial charge in [-0.15, -0.1) is 0 Å². The Morgan fingerprint density at radius 1 is 1.43 bits per heavy atom. The highest BCUT2D eigenvalue weighted by Crippen LogP contribution is 2.15. The third kappa shape index (κ3) is 1.42. The number of benzene rings is 1. The molecule has 0 atom stereocenters. The number of hydrogen-bond acceptors (Lipinski definition) is 2. The molecule has 0 bridgehead atoms. The van der Waals surface area contributed by atoms with Gasteiger partial charge in [-0.05, 0) is 24.1 Å². The van der Waals surface area contributed by atoms with E-state index < -0.39 is 0 Å². The van der Waals surface area contributed by atoms with Crippen molar-refractivity contribution < 1.29 is 4.42 Å². The first-order chi connectivity index (χ1) is 6.72. The second-order valence-corrected chi connectivity index (χ2v) is 3.50. The lowest BCUT2D eigenvalue weighted by molar-refractivity contribution is 0.602. The zero-order valence-corrected chi connectivity index (χ0v) is 8.47. The average molecular weight is 209 g/mol. The summed E-state index contributed by atoms with van der Waals surface area (Å²) in [5.74, 6) is 0. The molecule has 0 saturated heterocycles. The third-order valence-corrected chi connectivity index (χ3v) is 2.46. The van der Waals surface area contributed by atoms with Crippen molar-refractivity contribution in [3.63, 3.8) is 0 Å². The molecule has 0 N–H and O–H groups in total. The average Bonchev–Trinajstić information content (AvgIpc) is 2.23. The molecule has 2 aromatic rings. The Balaban J connectivity index is 2.85. The Bertz CT molecular complexity index is 528. The maximum atomic E-state index is 11.6. The fourth-order valence-electron chi connectivity index (χ4n) is 1.37. The van der Waals surface area contributed by atoms with Crippen molar-refractivity contribution in [1.29, 1.82) is 0 Å². The molecular weight excluding hydrogens is 200 g/mol. The lowest BCUT2D eigenvalue weighted by Gasteiger charge is -1.99. The van der Waals surface area contributed by atoms with E-state index >= 15 is 0 Å². The molecule has 14 heavy (non-hydrogen) atoms. The normalized spacial score (nSPS) is 10.7. The van der Waals surface area contributed by atoms with Crippen molar-refractivity contribution in [3.05, 3.63) is 45.3 Å². The Morgan fingerprint density at radius 3 is 2.93 bits per heavy atom. The summed E-state index contributed by atoms with van der Waals surface area (Å²) in [5.41, 5.74) is 1.52. The van der Waals surface area contributed by atoms with Crippen molar-refractivity contribution in [2.24, 2.45) is 0 Å². The molecule has 0 aliphatic carbocycles. The van der Waals surface area contributed by atoms with Crippen LogP contribution < -0.4 is 5.43 Å². The SMILES string of the molecule is CCc1ccc2occ(Cl)c(=O)c2c1. The lowest BCUT2D eigenvalue weighted by Crippen LogP contribution is -2.01. The summed E-state index contributed by atoms with van der Waals surface area (Å²) in [6.45, 7) is 2.04. The van der Waals surface area contributed by atoms with Crippen LogP contribution in [0.4, 0.5) is 0 Å². The monoisotopic (exact) mass is 208 g/mol.